The molecule has 0 spiro atoms. The van der Waals surface area contributed by atoms with Gasteiger partial charge in [-0.1, -0.05) is 36.4 Å². The van der Waals surface area contributed by atoms with Crippen LogP contribution in [0.5, 0.6) is 0 Å². The molecule has 0 radical (unpaired) electrons. The molecule has 7 heteroatoms. The molecule has 3 rings (SSSR count). The topological polar surface area (TPSA) is 72.0 Å². The molecule has 1 aromatic heterocycles. The van der Waals surface area contributed by atoms with Crippen molar-refractivity contribution in [3.63, 3.8) is 0 Å². The summed E-state index contributed by atoms with van der Waals surface area (Å²) < 4.78 is 10.9. The molecule has 1 atom stereocenters. The van der Waals surface area contributed by atoms with Gasteiger partial charge in [-0.15, -0.1) is 0 Å². The Morgan fingerprint density at radius 2 is 1.87 bits per heavy atom. The zero-order chi connectivity index (χ0) is 22.4. The standard InChI is InChI=1S/C24H31N3O4/c1-24(2,3)31-22(28)26(4)21-14-13-19(16-25-21)20-12-8-9-15-27(20)23(29)30-17-18-10-6-5-7-11-18/h5-7,10-11,13-14,16,20H,8-9,12,15,17H2,1-4H3/t20-/m0/s1. The van der Waals surface area contributed by atoms with E-state index < -0.39 is 11.7 Å². The van der Waals surface area contributed by atoms with Crippen molar-refractivity contribution in [2.45, 2.75) is 58.3 Å². The van der Waals surface area contributed by atoms with Crippen LogP contribution in [-0.4, -0.2) is 41.3 Å². The van der Waals surface area contributed by atoms with Crippen molar-refractivity contribution < 1.29 is 19.1 Å². The Bertz CT molecular complexity index is 878. The van der Waals surface area contributed by atoms with Gasteiger partial charge in [0.1, 0.15) is 18.0 Å². The highest BCUT2D eigenvalue weighted by molar-refractivity contribution is 5.85. The fourth-order valence-corrected chi connectivity index (χ4v) is 3.52. The number of carbonyl (C=O) groups is 2. The first-order chi connectivity index (χ1) is 14.7. The first-order valence-electron chi connectivity index (χ1n) is 10.6. The lowest BCUT2D eigenvalue weighted by Gasteiger charge is -2.35. The molecule has 0 unspecified atom stereocenters. The van der Waals surface area contributed by atoms with Crippen molar-refractivity contribution in [2.75, 3.05) is 18.5 Å². The van der Waals surface area contributed by atoms with Gasteiger partial charge in [0.25, 0.3) is 0 Å². The van der Waals surface area contributed by atoms with Gasteiger partial charge >= 0.3 is 12.2 Å². The third-order valence-corrected chi connectivity index (χ3v) is 5.11. The van der Waals surface area contributed by atoms with Crippen LogP contribution >= 0.6 is 0 Å². The van der Waals surface area contributed by atoms with Crippen molar-refractivity contribution >= 4 is 18.0 Å². The number of likely N-dealkylation sites (tertiary alicyclic amines) is 1. The Morgan fingerprint density at radius 3 is 2.52 bits per heavy atom. The summed E-state index contributed by atoms with van der Waals surface area (Å²) in [4.78, 5) is 32.6. The van der Waals surface area contributed by atoms with Crippen LogP contribution in [0.2, 0.25) is 0 Å². The number of carbonyl (C=O) groups excluding carboxylic acids is 2. The largest absolute Gasteiger partial charge is 0.445 e. The molecule has 0 saturated carbocycles. The molecule has 166 valence electrons. The third kappa shape index (κ3) is 6.20. The number of aromatic nitrogens is 1. The molecule has 1 saturated heterocycles. The molecular formula is C24H31N3O4. The predicted molar refractivity (Wildman–Crippen MR) is 119 cm³/mol. The van der Waals surface area contributed by atoms with Crippen LogP contribution in [0.3, 0.4) is 0 Å². The van der Waals surface area contributed by atoms with Crippen molar-refractivity contribution in [2.24, 2.45) is 0 Å². The number of hydrogen-bond acceptors (Lipinski definition) is 5. The van der Waals surface area contributed by atoms with Crippen LogP contribution in [0, 0.1) is 0 Å². The SMILES string of the molecule is CN(C(=O)OC(C)(C)C)c1ccc([C@@H]2CCCCN2C(=O)OCc2ccccc2)cn1. The minimum absolute atomic E-state index is 0.0922. The Labute approximate surface area is 184 Å². The van der Waals surface area contributed by atoms with Crippen molar-refractivity contribution in [3.8, 4) is 0 Å². The number of nitrogens with zero attached hydrogens (tertiary/aromatic N) is 3. The van der Waals surface area contributed by atoms with E-state index in [1.54, 1.807) is 24.2 Å². The lowest BCUT2D eigenvalue weighted by molar-refractivity contribution is 0.0588. The van der Waals surface area contributed by atoms with E-state index in [4.69, 9.17) is 9.47 Å². The average molecular weight is 426 g/mol. The third-order valence-electron chi connectivity index (χ3n) is 5.11. The molecule has 2 amide bonds. The summed E-state index contributed by atoms with van der Waals surface area (Å²) in [5.74, 6) is 0.493. The molecule has 2 aromatic rings. The predicted octanol–water partition coefficient (Wildman–Crippen LogP) is 5.32. The number of amides is 2. The highest BCUT2D eigenvalue weighted by Crippen LogP contribution is 2.32. The van der Waals surface area contributed by atoms with Gasteiger partial charge in [0, 0.05) is 19.8 Å². The molecule has 0 bridgehead atoms. The maximum absolute atomic E-state index is 12.8. The highest BCUT2D eigenvalue weighted by Gasteiger charge is 2.30. The van der Waals surface area contributed by atoms with E-state index in [0.717, 1.165) is 30.4 Å². The number of pyridine rings is 1. The van der Waals surface area contributed by atoms with E-state index in [0.29, 0.717) is 12.4 Å². The molecule has 0 N–H and O–H groups in total. The van der Waals surface area contributed by atoms with E-state index in [2.05, 4.69) is 4.98 Å². The Morgan fingerprint density at radius 1 is 1.13 bits per heavy atom. The molecule has 7 nitrogen and oxygen atoms in total. The Hall–Kier alpha value is -3.09. The normalized spacial score (nSPS) is 16.5. The maximum atomic E-state index is 12.8. The van der Waals surface area contributed by atoms with Crippen LogP contribution in [0.25, 0.3) is 0 Å². The Kier molecular flexibility index (Phi) is 7.15. The lowest BCUT2D eigenvalue weighted by atomic mass is 9.97. The van der Waals surface area contributed by atoms with Crippen LogP contribution in [0.1, 0.15) is 57.2 Å². The van der Waals surface area contributed by atoms with Gasteiger partial charge in [-0.3, -0.25) is 4.90 Å². The number of rotatable bonds is 4. The highest BCUT2D eigenvalue weighted by atomic mass is 16.6. The molecule has 1 aromatic carbocycles. The molecular weight excluding hydrogens is 394 g/mol. The molecule has 1 aliphatic heterocycles. The van der Waals surface area contributed by atoms with E-state index in [1.807, 2.05) is 57.2 Å². The zero-order valence-corrected chi connectivity index (χ0v) is 18.7. The van der Waals surface area contributed by atoms with Crippen LogP contribution in [-0.2, 0) is 16.1 Å². The Balaban J connectivity index is 1.66. The number of piperidine rings is 1. The first kappa shape index (κ1) is 22.6. The lowest BCUT2D eigenvalue weighted by Crippen LogP contribution is -2.39. The summed E-state index contributed by atoms with van der Waals surface area (Å²) in [5.41, 5.74) is 1.31. The number of benzene rings is 1. The second-order valence-corrected chi connectivity index (χ2v) is 8.73. The second-order valence-electron chi connectivity index (χ2n) is 8.73. The fraction of sp³-hybridized carbons (Fsp3) is 0.458. The summed E-state index contributed by atoms with van der Waals surface area (Å²) in [6.07, 6.45) is 3.78. The molecule has 2 heterocycles. The minimum Gasteiger partial charge on any atom is -0.445 e. The zero-order valence-electron chi connectivity index (χ0n) is 18.7. The van der Waals surface area contributed by atoms with E-state index in [1.165, 1.54) is 4.90 Å². The van der Waals surface area contributed by atoms with Crippen LogP contribution in [0.4, 0.5) is 15.4 Å². The van der Waals surface area contributed by atoms with E-state index in [9.17, 15) is 9.59 Å². The molecule has 1 aliphatic rings. The first-order valence-corrected chi connectivity index (χ1v) is 10.6. The van der Waals surface area contributed by atoms with Crippen LogP contribution < -0.4 is 4.90 Å². The van der Waals surface area contributed by atoms with Gasteiger partial charge in [0.05, 0.1) is 6.04 Å². The molecule has 31 heavy (non-hydrogen) atoms. The van der Waals surface area contributed by atoms with Gasteiger partial charge in [0.15, 0.2) is 0 Å². The van der Waals surface area contributed by atoms with Crippen LogP contribution in [0.15, 0.2) is 48.7 Å². The summed E-state index contributed by atoms with van der Waals surface area (Å²) in [6.45, 7) is 6.37. The second kappa shape index (κ2) is 9.81. The summed E-state index contributed by atoms with van der Waals surface area (Å²) in [6, 6.07) is 13.3. The van der Waals surface area contributed by atoms with Crippen molar-refractivity contribution in [1.82, 2.24) is 9.88 Å². The van der Waals surface area contributed by atoms with Gasteiger partial charge in [-0.2, -0.15) is 0 Å². The number of hydrogen-bond donors (Lipinski definition) is 0. The van der Waals surface area contributed by atoms with Gasteiger partial charge in [-0.25, -0.2) is 14.6 Å². The van der Waals surface area contributed by atoms with Gasteiger partial charge in [-0.05, 0) is 57.2 Å². The number of anilines is 1. The quantitative estimate of drug-likeness (QED) is 0.663. The smallest absolute Gasteiger partial charge is 0.415 e. The summed E-state index contributed by atoms with van der Waals surface area (Å²) in [7, 11) is 1.63. The van der Waals surface area contributed by atoms with E-state index >= 15 is 0 Å². The van der Waals surface area contributed by atoms with E-state index in [-0.39, 0.29) is 18.7 Å². The van der Waals surface area contributed by atoms with Crippen molar-refractivity contribution in [3.05, 3.63) is 59.8 Å². The van der Waals surface area contributed by atoms with Crippen molar-refractivity contribution in [1.29, 1.82) is 0 Å². The summed E-state index contributed by atoms with van der Waals surface area (Å²) >= 11 is 0. The van der Waals surface area contributed by atoms with Gasteiger partial charge in [0.2, 0.25) is 0 Å². The average Bonchev–Trinajstić information content (AvgIpc) is 2.76. The monoisotopic (exact) mass is 425 g/mol. The number of ether oxygens (including phenoxy) is 2. The fourth-order valence-electron chi connectivity index (χ4n) is 3.52. The minimum atomic E-state index is -0.575. The summed E-state index contributed by atoms with van der Waals surface area (Å²) in [5, 5.41) is 0. The molecule has 0 aliphatic carbocycles. The maximum Gasteiger partial charge on any atom is 0.415 e. The molecule has 1 fully saturated rings. The van der Waals surface area contributed by atoms with Gasteiger partial charge < -0.3 is 14.4 Å².